The SMILES string of the molecule is CC1CN(c2ccccc2)CCN1CC1N=CCN1. The Balaban J connectivity index is 1.58. The van der Waals surface area contributed by atoms with Gasteiger partial charge < -0.3 is 4.90 Å². The third-order valence-electron chi connectivity index (χ3n) is 4.02. The van der Waals surface area contributed by atoms with Gasteiger partial charge in [0.15, 0.2) is 0 Å². The summed E-state index contributed by atoms with van der Waals surface area (Å²) in [4.78, 5) is 9.47. The van der Waals surface area contributed by atoms with Gasteiger partial charge in [0, 0.05) is 50.7 Å². The van der Waals surface area contributed by atoms with Gasteiger partial charge in [0.1, 0.15) is 6.17 Å². The van der Waals surface area contributed by atoms with Crippen LogP contribution >= 0.6 is 0 Å². The van der Waals surface area contributed by atoms with Crippen molar-refractivity contribution >= 4 is 11.9 Å². The molecule has 1 aromatic carbocycles. The van der Waals surface area contributed by atoms with Crippen molar-refractivity contribution < 1.29 is 0 Å². The summed E-state index contributed by atoms with van der Waals surface area (Å²) < 4.78 is 0. The lowest BCUT2D eigenvalue weighted by molar-refractivity contribution is 0.174. The normalized spacial score (nSPS) is 27.9. The summed E-state index contributed by atoms with van der Waals surface area (Å²) in [5, 5.41) is 3.39. The van der Waals surface area contributed by atoms with E-state index in [1.165, 1.54) is 5.69 Å². The minimum Gasteiger partial charge on any atom is -0.369 e. The van der Waals surface area contributed by atoms with Crippen LogP contribution in [0.4, 0.5) is 5.69 Å². The topological polar surface area (TPSA) is 30.9 Å². The van der Waals surface area contributed by atoms with Crippen LogP contribution in [-0.4, -0.2) is 56.0 Å². The van der Waals surface area contributed by atoms with Crippen LogP contribution in [-0.2, 0) is 0 Å². The molecule has 2 atom stereocenters. The zero-order chi connectivity index (χ0) is 13.1. The van der Waals surface area contributed by atoms with Crippen LogP contribution in [0.3, 0.4) is 0 Å². The molecule has 0 spiro atoms. The number of nitrogens with one attached hydrogen (secondary N) is 1. The van der Waals surface area contributed by atoms with Crippen molar-refractivity contribution in [1.29, 1.82) is 0 Å². The Hall–Kier alpha value is -1.39. The van der Waals surface area contributed by atoms with E-state index in [1.54, 1.807) is 0 Å². The fourth-order valence-electron chi connectivity index (χ4n) is 2.90. The van der Waals surface area contributed by atoms with Gasteiger partial charge in [0.2, 0.25) is 0 Å². The maximum atomic E-state index is 4.45. The van der Waals surface area contributed by atoms with Crippen LogP contribution in [0.2, 0.25) is 0 Å². The van der Waals surface area contributed by atoms with Gasteiger partial charge >= 0.3 is 0 Å². The molecule has 0 amide bonds. The van der Waals surface area contributed by atoms with Gasteiger partial charge in [-0.05, 0) is 19.1 Å². The molecule has 0 aliphatic carbocycles. The van der Waals surface area contributed by atoms with Crippen molar-refractivity contribution in [2.75, 3.05) is 37.6 Å². The Kier molecular flexibility index (Phi) is 3.80. The minimum absolute atomic E-state index is 0.297. The van der Waals surface area contributed by atoms with Crippen molar-refractivity contribution in [2.45, 2.75) is 19.1 Å². The number of hydrogen-bond donors (Lipinski definition) is 1. The fourth-order valence-corrected chi connectivity index (χ4v) is 2.90. The highest BCUT2D eigenvalue weighted by Gasteiger charge is 2.26. The lowest BCUT2D eigenvalue weighted by Crippen LogP contribution is -2.54. The molecular weight excluding hydrogens is 236 g/mol. The van der Waals surface area contributed by atoms with E-state index in [0.29, 0.717) is 12.2 Å². The second-order valence-corrected chi connectivity index (χ2v) is 5.38. The smallest absolute Gasteiger partial charge is 0.112 e. The highest BCUT2D eigenvalue weighted by atomic mass is 15.3. The van der Waals surface area contributed by atoms with Crippen LogP contribution in [0.1, 0.15) is 6.92 Å². The predicted molar refractivity (Wildman–Crippen MR) is 80.0 cm³/mol. The molecule has 1 N–H and O–H groups in total. The summed E-state index contributed by atoms with van der Waals surface area (Å²) in [6, 6.07) is 11.3. The molecule has 4 heteroatoms. The number of hydrogen-bond acceptors (Lipinski definition) is 4. The first-order valence-electron chi connectivity index (χ1n) is 7.12. The molecule has 102 valence electrons. The van der Waals surface area contributed by atoms with E-state index < -0.39 is 0 Å². The van der Waals surface area contributed by atoms with Gasteiger partial charge in [-0.2, -0.15) is 0 Å². The summed E-state index contributed by atoms with van der Waals surface area (Å²) in [5.41, 5.74) is 1.34. The number of para-hydroxylation sites is 1. The molecule has 19 heavy (non-hydrogen) atoms. The quantitative estimate of drug-likeness (QED) is 0.884. The number of benzene rings is 1. The molecule has 0 bridgehead atoms. The molecule has 1 saturated heterocycles. The third-order valence-corrected chi connectivity index (χ3v) is 4.02. The molecule has 4 nitrogen and oxygen atoms in total. The fraction of sp³-hybridized carbons (Fsp3) is 0.533. The zero-order valence-corrected chi connectivity index (χ0v) is 11.5. The molecule has 2 aliphatic rings. The summed E-state index contributed by atoms with van der Waals surface area (Å²) in [7, 11) is 0. The van der Waals surface area contributed by atoms with E-state index in [2.05, 4.69) is 57.4 Å². The molecule has 2 aliphatic heterocycles. The van der Waals surface area contributed by atoms with Crippen LogP contribution in [0.15, 0.2) is 35.3 Å². The van der Waals surface area contributed by atoms with Gasteiger partial charge in [-0.15, -0.1) is 0 Å². The largest absolute Gasteiger partial charge is 0.369 e. The van der Waals surface area contributed by atoms with E-state index in [1.807, 2.05) is 6.21 Å². The first-order valence-corrected chi connectivity index (χ1v) is 7.12. The number of piperazine rings is 1. The maximum absolute atomic E-state index is 4.45. The number of rotatable bonds is 3. The number of nitrogens with zero attached hydrogens (tertiary/aromatic N) is 3. The van der Waals surface area contributed by atoms with Gasteiger partial charge in [-0.1, -0.05) is 18.2 Å². The van der Waals surface area contributed by atoms with Gasteiger partial charge in [0.25, 0.3) is 0 Å². The molecule has 2 unspecified atom stereocenters. The van der Waals surface area contributed by atoms with Gasteiger partial charge in [-0.3, -0.25) is 15.2 Å². The second-order valence-electron chi connectivity index (χ2n) is 5.38. The predicted octanol–water partition coefficient (Wildman–Crippen LogP) is 1.20. The van der Waals surface area contributed by atoms with Crippen LogP contribution in [0.25, 0.3) is 0 Å². The molecular formula is C15H22N4. The molecule has 0 radical (unpaired) electrons. The first kappa shape index (κ1) is 12.6. The Labute approximate surface area is 115 Å². The van der Waals surface area contributed by atoms with Crippen LogP contribution in [0, 0.1) is 0 Å². The Morgan fingerprint density at radius 2 is 2.11 bits per heavy atom. The zero-order valence-electron chi connectivity index (χ0n) is 11.5. The monoisotopic (exact) mass is 258 g/mol. The number of anilines is 1. The average molecular weight is 258 g/mol. The summed E-state index contributed by atoms with van der Waals surface area (Å²) in [6.07, 6.45) is 2.28. The molecule has 0 saturated carbocycles. The Morgan fingerprint density at radius 1 is 1.26 bits per heavy atom. The summed E-state index contributed by atoms with van der Waals surface area (Å²) >= 11 is 0. The highest BCUT2D eigenvalue weighted by Crippen LogP contribution is 2.18. The standard InChI is InChI=1S/C15H22N4/c1-13-11-19(14-5-3-2-4-6-14)10-9-18(13)12-15-16-7-8-17-15/h2-7,13,15,17H,8-12H2,1H3. The van der Waals surface area contributed by atoms with Crippen molar-refractivity contribution in [3.8, 4) is 0 Å². The van der Waals surface area contributed by atoms with Crippen LogP contribution < -0.4 is 10.2 Å². The first-order chi connectivity index (χ1) is 9.33. The highest BCUT2D eigenvalue weighted by molar-refractivity contribution is 5.62. The van der Waals surface area contributed by atoms with Crippen molar-refractivity contribution in [3.63, 3.8) is 0 Å². The number of aliphatic imine (C=N–C) groups is 1. The van der Waals surface area contributed by atoms with E-state index >= 15 is 0 Å². The second kappa shape index (κ2) is 5.72. The maximum Gasteiger partial charge on any atom is 0.112 e. The van der Waals surface area contributed by atoms with E-state index in [9.17, 15) is 0 Å². The molecule has 2 heterocycles. The molecule has 1 aromatic rings. The lowest BCUT2D eigenvalue weighted by Gasteiger charge is -2.41. The van der Waals surface area contributed by atoms with E-state index in [-0.39, 0.29) is 0 Å². The Bertz CT molecular complexity index is 431. The molecule has 3 rings (SSSR count). The van der Waals surface area contributed by atoms with Crippen LogP contribution in [0.5, 0.6) is 0 Å². The van der Waals surface area contributed by atoms with Crippen molar-refractivity contribution in [2.24, 2.45) is 4.99 Å². The van der Waals surface area contributed by atoms with Crippen molar-refractivity contribution in [3.05, 3.63) is 30.3 Å². The molecule has 0 aromatic heterocycles. The summed E-state index contributed by atoms with van der Waals surface area (Å²) in [6.45, 7) is 7.58. The third kappa shape index (κ3) is 2.96. The van der Waals surface area contributed by atoms with Crippen molar-refractivity contribution in [1.82, 2.24) is 10.2 Å². The summed E-state index contributed by atoms with van der Waals surface area (Å²) in [5.74, 6) is 0. The Morgan fingerprint density at radius 3 is 2.79 bits per heavy atom. The van der Waals surface area contributed by atoms with Gasteiger partial charge in [0.05, 0.1) is 0 Å². The molecule has 1 fully saturated rings. The minimum atomic E-state index is 0.297. The average Bonchev–Trinajstić information content (AvgIpc) is 2.95. The van der Waals surface area contributed by atoms with E-state index in [4.69, 9.17) is 0 Å². The lowest BCUT2D eigenvalue weighted by atomic mass is 10.1. The van der Waals surface area contributed by atoms with Gasteiger partial charge in [-0.25, -0.2) is 0 Å². The van der Waals surface area contributed by atoms with E-state index in [0.717, 1.165) is 32.7 Å².